The Labute approximate surface area is 162 Å². The summed E-state index contributed by atoms with van der Waals surface area (Å²) in [5.41, 5.74) is 0. The first-order valence-corrected chi connectivity index (χ1v) is 8.93. The van der Waals surface area contributed by atoms with Crippen molar-refractivity contribution in [3.63, 3.8) is 0 Å². The largest absolute Gasteiger partial charge is 0.490 e. The molecule has 134 valence electrons. The van der Waals surface area contributed by atoms with Crippen LogP contribution in [0.2, 0.25) is 0 Å². The first-order chi connectivity index (χ1) is 11.4. The molecule has 2 unspecified atom stereocenters. The van der Waals surface area contributed by atoms with E-state index in [0.717, 1.165) is 30.1 Å². The molecular weight excluding hydrogens is 415 g/mol. The smallest absolute Gasteiger partial charge is 0.194 e. The Kier molecular flexibility index (Phi) is 8.08. The number of halogens is 1. The molecular formula is C18H29IN4O. The molecule has 1 aliphatic carbocycles. The second-order valence-corrected chi connectivity index (χ2v) is 6.48. The molecule has 3 rings (SSSR count). The number of nitrogens with one attached hydrogen (secondary N) is 1. The molecule has 1 N–H and O–H groups in total. The summed E-state index contributed by atoms with van der Waals surface area (Å²) in [6.45, 7) is 6.63. The lowest BCUT2D eigenvalue weighted by Crippen LogP contribution is -2.40. The third kappa shape index (κ3) is 5.22. The molecule has 0 spiro atoms. The Balaban J connectivity index is 0.00000208. The van der Waals surface area contributed by atoms with E-state index in [0.29, 0.717) is 13.2 Å². The zero-order valence-corrected chi connectivity index (χ0v) is 16.8. The maximum Gasteiger partial charge on any atom is 0.194 e. The van der Waals surface area contributed by atoms with Gasteiger partial charge in [0.1, 0.15) is 12.4 Å². The van der Waals surface area contributed by atoms with Crippen LogP contribution in [0.5, 0.6) is 5.75 Å². The predicted octanol–water partition coefficient (Wildman–Crippen LogP) is 3.17. The molecule has 0 amide bonds. The Morgan fingerprint density at radius 2 is 2.08 bits per heavy atom. The van der Waals surface area contributed by atoms with E-state index in [4.69, 9.17) is 9.73 Å². The van der Waals surface area contributed by atoms with Crippen LogP contribution in [0.15, 0.2) is 29.5 Å². The third-order valence-corrected chi connectivity index (χ3v) is 4.87. The van der Waals surface area contributed by atoms with E-state index < -0.39 is 0 Å². The Hall–Kier alpha value is -1.05. The van der Waals surface area contributed by atoms with Gasteiger partial charge in [-0.1, -0.05) is 12.8 Å². The molecule has 2 aliphatic rings. The topological polar surface area (TPSA) is 49.8 Å². The van der Waals surface area contributed by atoms with Crippen LogP contribution in [-0.4, -0.2) is 48.6 Å². The fourth-order valence-electron chi connectivity index (χ4n) is 3.75. The molecule has 1 saturated heterocycles. The van der Waals surface area contributed by atoms with Crippen molar-refractivity contribution in [2.24, 2.45) is 16.8 Å². The average molecular weight is 444 g/mol. The molecule has 1 aromatic heterocycles. The molecule has 0 bridgehead atoms. The highest BCUT2D eigenvalue weighted by Crippen LogP contribution is 2.35. The minimum Gasteiger partial charge on any atom is -0.490 e. The molecule has 2 atom stereocenters. The van der Waals surface area contributed by atoms with Gasteiger partial charge >= 0.3 is 0 Å². The highest BCUT2D eigenvalue weighted by Gasteiger charge is 2.35. The van der Waals surface area contributed by atoms with E-state index in [1.807, 2.05) is 12.1 Å². The van der Waals surface area contributed by atoms with Crippen LogP contribution in [0.4, 0.5) is 0 Å². The number of pyridine rings is 1. The second kappa shape index (κ2) is 10.1. The maximum absolute atomic E-state index is 5.68. The van der Waals surface area contributed by atoms with Crippen LogP contribution in [0.25, 0.3) is 0 Å². The zero-order valence-electron chi connectivity index (χ0n) is 14.5. The van der Waals surface area contributed by atoms with Gasteiger partial charge in [0.2, 0.25) is 0 Å². The minimum absolute atomic E-state index is 0. The molecule has 1 saturated carbocycles. The summed E-state index contributed by atoms with van der Waals surface area (Å²) in [6, 6.07) is 3.81. The highest BCUT2D eigenvalue weighted by molar-refractivity contribution is 14.0. The van der Waals surface area contributed by atoms with Crippen LogP contribution in [0.3, 0.4) is 0 Å². The number of hydrogen-bond acceptors (Lipinski definition) is 3. The molecule has 0 radical (unpaired) electrons. The molecule has 1 aromatic rings. The van der Waals surface area contributed by atoms with Crippen molar-refractivity contribution in [3.05, 3.63) is 24.5 Å². The number of hydrogen-bond donors (Lipinski definition) is 1. The van der Waals surface area contributed by atoms with Crippen molar-refractivity contribution in [1.82, 2.24) is 15.2 Å². The Bertz CT molecular complexity index is 497. The van der Waals surface area contributed by atoms with Crippen molar-refractivity contribution >= 4 is 29.9 Å². The van der Waals surface area contributed by atoms with E-state index in [1.165, 1.54) is 38.8 Å². The number of likely N-dealkylation sites (tertiary alicyclic amines) is 1. The summed E-state index contributed by atoms with van der Waals surface area (Å²) in [5.74, 6) is 3.61. The maximum atomic E-state index is 5.68. The lowest BCUT2D eigenvalue weighted by atomic mass is 9.82. The van der Waals surface area contributed by atoms with E-state index >= 15 is 0 Å². The number of rotatable bonds is 5. The molecule has 0 aromatic carbocycles. The molecule has 6 heteroatoms. The molecule has 2 heterocycles. The normalized spacial score (nSPS) is 23.4. The summed E-state index contributed by atoms with van der Waals surface area (Å²) >= 11 is 0. The van der Waals surface area contributed by atoms with Crippen molar-refractivity contribution < 1.29 is 4.74 Å². The lowest BCUT2D eigenvalue weighted by molar-refractivity contribution is 0.299. The van der Waals surface area contributed by atoms with Crippen LogP contribution < -0.4 is 10.1 Å². The number of fused-ring (bicyclic) bond motifs is 1. The molecule has 2 fully saturated rings. The van der Waals surface area contributed by atoms with Gasteiger partial charge in [-0.3, -0.25) is 4.98 Å². The van der Waals surface area contributed by atoms with Gasteiger partial charge in [-0.25, -0.2) is 4.99 Å². The zero-order chi connectivity index (χ0) is 15.9. The highest BCUT2D eigenvalue weighted by atomic mass is 127. The van der Waals surface area contributed by atoms with E-state index in [2.05, 4.69) is 22.1 Å². The van der Waals surface area contributed by atoms with Gasteiger partial charge in [0.05, 0.1) is 12.7 Å². The van der Waals surface area contributed by atoms with Gasteiger partial charge in [0.15, 0.2) is 5.96 Å². The first kappa shape index (κ1) is 19.3. The van der Waals surface area contributed by atoms with Gasteiger partial charge in [0, 0.05) is 25.8 Å². The standard InChI is InChI=1S/C18H28N4O.HI/c1-2-20-18(21-10-11-23-17-8-5-9-19-12-17)22-13-15-6-3-4-7-16(15)14-22;/h5,8-9,12,15-16H,2-4,6-7,10-11,13-14H2,1H3,(H,20,21);1H. The van der Waals surface area contributed by atoms with E-state index in [9.17, 15) is 0 Å². The fourth-order valence-corrected chi connectivity index (χ4v) is 3.75. The summed E-state index contributed by atoms with van der Waals surface area (Å²) in [6.07, 6.45) is 9.08. The quantitative estimate of drug-likeness (QED) is 0.328. The Morgan fingerprint density at radius 3 is 2.71 bits per heavy atom. The van der Waals surface area contributed by atoms with Crippen LogP contribution >= 0.6 is 24.0 Å². The van der Waals surface area contributed by atoms with Crippen LogP contribution in [0, 0.1) is 11.8 Å². The SMILES string of the molecule is CCNC(=NCCOc1cccnc1)N1CC2CCCCC2C1.I. The van der Waals surface area contributed by atoms with Crippen LogP contribution in [0.1, 0.15) is 32.6 Å². The summed E-state index contributed by atoms with van der Waals surface area (Å²) < 4.78 is 5.68. The van der Waals surface area contributed by atoms with Crippen LogP contribution in [-0.2, 0) is 0 Å². The van der Waals surface area contributed by atoms with Gasteiger partial charge in [-0.15, -0.1) is 24.0 Å². The van der Waals surface area contributed by atoms with Gasteiger partial charge in [-0.2, -0.15) is 0 Å². The van der Waals surface area contributed by atoms with Gasteiger partial charge in [-0.05, 0) is 43.7 Å². The lowest BCUT2D eigenvalue weighted by Gasteiger charge is -2.22. The number of aromatic nitrogens is 1. The van der Waals surface area contributed by atoms with Crippen molar-refractivity contribution in [1.29, 1.82) is 0 Å². The van der Waals surface area contributed by atoms with Crippen molar-refractivity contribution in [2.45, 2.75) is 32.6 Å². The average Bonchev–Trinajstić information content (AvgIpc) is 3.02. The summed E-state index contributed by atoms with van der Waals surface area (Å²) in [4.78, 5) is 11.3. The van der Waals surface area contributed by atoms with Crippen molar-refractivity contribution in [2.75, 3.05) is 32.8 Å². The summed E-state index contributed by atoms with van der Waals surface area (Å²) in [7, 11) is 0. The minimum atomic E-state index is 0. The van der Waals surface area contributed by atoms with Crippen molar-refractivity contribution in [3.8, 4) is 5.75 Å². The van der Waals surface area contributed by atoms with E-state index in [-0.39, 0.29) is 24.0 Å². The Morgan fingerprint density at radius 1 is 1.33 bits per heavy atom. The number of ether oxygens (including phenoxy) is 1. The molecule has 1 aliphatic heterocycles. The molecule has 5 nitrogen and oxygen atoms in total. The first-order valence-electron chi connectivity index (χ1n) is 8.93. The monoisotopic (exact) mass is 444 g/mol. The number of guanidine groups is 1. The van der Waals surface area contributed by atoms with E-state index in [1.54, 1.807) is 12.4 Å². The van der Waals surface area contributed by atoms with Gasteiger partial charge < -0.3 is 15.0 Å². The second-order valence-electron chi connectivity index (χ2n) is 6.48. The summed E-state index contributed by atoms with van der Waals surface area (Å²) in [5, 5.41) is 3.44. The number of nitrogens with zero attached hydrogens (tertiary/aromatic N) is 3. The number of aliphatic imine (C=N–C) groups is 1. The molecule has 24 heavy (non-hydrogen) atoms. The van der Waals surface area contributed by atoms with Gasteiger partial charge in [0.25, 0.3) is 0 Å². The fraction of sp³-hybridized carbons (Fsp3) is 0.667. The predicted molar refractivity (Wildman–Crippen MR) is 108 cm³/mol. The third-order valence-electron chi connectivity index (χ3n) is 4.87.